The maximum Gasteiger partial charge on any atom is 0.252 e. The smallest absolute Gasteiger partial charge is 0.252 e. The average molecular weight is 407 g/mol. The van der Waals surface area contributed by atoms with Gasteiger partial charge in [0.05, 0.1) is 0 Å². The van der Waals surface area contributed by atoms with Crippen LogP contribution >= 0.6 is 0 Å². The van der Waals surface area contributed by atoms with Crippen molar-refractivity contribution in [2.45, 2.75) is 19.3 Å². The van der Waals surface area contributed by atoms with Gasteiger partial charge < -0.3 is 5.32 Å². The molecule has 0 heterocycles. The Morgan fingerprint density at radius 1 is 0.613 bits per heavy atom. The van der Waals surface area contributed by atoms with Gasteiger partial charge in [0.1, 0.15) is 6.17 Å². The van der Waals surface area contributed by atoms with E-state index >= 15 is 0 Å². The molecule has 1 amide bonds. The number of carbonyl (C=O) groups excluding carboxylic acids is 1. The van der Waals surface area contributed by atoms with Gasteiger partial charge in [-0.1, -0.05) is 109 Å². The highest BCUT2D eigenvalue weighted by Gasteiger charge is 2.23. The predicted molar refractivity (Wildman–Crippen MR) is 125 cm³/mol. The van der Waals surface area contributed by atoms with Crippen LogP contribution in [0.1, 0.15) is 33.2 Å². The molecule has 0 aliphatic heterocycles. The van der Waals surface area contributed by atoms with E-state index in [1.165, 1.54) is 11.1 Å². The van der Waals surface area contributed by atoms with Crippen LogP contribution in [0.3, 0.4) is 0 Å². The van der Waals surface area contributed by atoms with Gasteiger partial charge in [-0.15, -0.1) is 0 Å². The molecule has 154 valence electrons. The summed E-state index contributed by atoms with van der Waals surface area (Å²) in [5.41, 5.74) is 4.11. The topological polar surface area (TPSA) is 32.3 Å². The van der Waals surface area contributed by atoms with Gasteiger partial charge >= 0.3 is 0 Å². The lowest BCUT2D eigenvalue weighted by Gasteiger charge is -2.33. The molecule has 0 radical (unpaired) electrons. The van der Waals surface area contributed by atoms with Gasteiger partial charge in [0.15, 0.2) is 0 Å². The zero-order valence-corrected chi connectivity index (χ0v) is 17.4. The minimum Gasteiger partial charge on any atom is -0.332 e. The number of benzene rings is 4. The fraction of sp³-hybridized carbons (Fsp3) is 0.107. The average Bonchev–Trinajstić information content (AvgIpc) is 2.84. The predicted octanol–water partition coefficient (Wildman–Crippen LogP) is 5.82. The van der Waals surface area contributed by atoms with Gasteiger partial charge in [-0.25, -0.2) is 0 Å². The molecule has 4 aromatic carbocycles. The number of carbonyl (C=O) groups is 1. The molecule has 0 aromatic heterocycles. The summed E-state index contributed by atoms with van der Waals surface area (Å²) in [7, 11) is 0. The van der Waals surface area contributed by atoms with Gasteiger partial charge in [-0.05, 0) is 28.8 Å². The molecule has 0 saturated carbocycles. The summed E-state index contributed by atoms with van der Waals surface area (Å²) < 4.78 is 0. The molecule has 1 atom stereocenters. The first kappa shape index (κ1) is 20.6. The molecule has 4 aromatic rings. The van der Waals surface area contributed by atoms with Crippen LogP contribution in [0.2, 0.25) is 0 Å². The van der Waals surface area contributed by atoms with Crippen LogP contribution in [-0.2, 0) is 13.1 Å². The highest BCUT2D eigenvalue weighted by Crippen LogP contribution is 2.24. The van der Waals surface area contributed by atoms with Gasteiger partial charge in [0.25, 0.3) is 5.91 Å². The van der Waals surface area contributed by atoms with Crippen molar-refractivity contribution in [1.29, 1.82) is 0 Å². The van der Waals surface area contributed by atoms with E-state index in [9.17, 15) is 4.79 Å². The summed E-state index contributed by atoms with van der Waals surface area (Å²) in [5, 5.41) is 3.28. The lowest BCUT2D eigenvalue weighted by molar-refractivity contribution is 0.0820. The Balaban J connectivity index is 1.68. The molecule has 0 bridgehead atoms. The number of rotatable bonds is 8. The summed E-state index contributed by atoms with van der Waals surface area (Å²) in [6, 6.07) is 40.3. The normalized spacial score (nSPS) is 11.8. The van der Waals surface area contributed by atoms with Crippen molar-refractivity contribution in [1.82, 2.24) is 10.2 Å². The third kappa shape index (κ3) is 5.68. The van der Waals surface area contributed by atoms with Crippen LogP contribution in [0.5, 0.6) is 0 Å². The summed E-state index contributed by atoms with van der Waals surface area (Å²) >= 11 is 0. The largest absolute Gasteiger partial charge is 0.332 e. The minimum absolute atomic E-state index is 0.0828. The zero-order valence-electron chi connectivity index (χ0n) is 17.4. The number of hydrogen-bond donors (Lipinski definition) is 1. The third-order valence-electron chi connectivity index (χ3n) is 5.24. The van der Waals surface area contributed by atoms with Crippen LogP contribution in [0.4, 0.5) is 0 Å². The Hall–Kier alpha value is -3.69. The zero-order chi connectivity index (χ0) is 21.3. The second-order valence-corrected chi connectivity index (χ2v) is 7.53. The van der Waals surface area contributed by atoms with Crippen LogP contribution in [0.15, 0.2) is 121 Å². The van der Waals surface area contributed by atoms with Crippen molar-refractivity contribution in [3.8, 4) is 0 Å². The van der Waals surface area contributed by atoms with Crippen molar-refractivity contribution >= 4 is 5.91 Å². The second-order valence-electron chi connectivity index (χ2n) is 7.53. The summed E-state index contributed by atoms with van der Waals surface area (Å²) in [6.07, 6.45) is -0.269. The fourth-order valence-corrected chi connectivity index (χ4v) is 3.69. The van der Waals surface area contributed by atoms with E-state index in [-0.39, 0.29) is 12.1 Å². The lowest BCUT2D eigenvalue weighted by atomic mass is 10.1. The van der Waals surface area contributed by atoms with E-state index in [2.05, 4.69) is 70.9 Å². The Labute approximate surface area is 184 Å². The van der Waals surface area contributed by atoms with Crippen LogP contribution in [0.25, 0.3) is 0 Å². The molecule has 3 heteroatoms. The van der Waals surface area contributed by atoms with Crippen molar-refractivity contribution in [2.75, 3.05) is 0 Å². The molecule has 1 N–H and O–H groups in total. The monoisotopic (exact) mass is 406 g/mol. The van der Waals surface area contributed by atoms with Crippen molar-refractivity contribution in [3.05, 3.63) is 144 Å². The van der Waals surface area contributed by atoms with E-state index in [1.807, 2.05) is 60.7 Å². The number of amides is 1. The molecule has 0 spiro atoms. The summed E-state index contributed by atoms with van der Waals surface area (Å²) in [4.78, 5) is 15.4. The first-order valence-corrected chi connectivity index (χ1v) is 10.5. The highest BCUT2D eigenvalue weighted by atomic mass is 16.1. The molecule has 31 heavy (non-hydrogen) atoms. The van der Waals surface area contributed by atoms with Gasteiger partial charge in [0.2, 0.25) is 0 Å². The molecule has 1 unspecified atom stereocenters. The molecule has 0 fully saturated rings. The number of hydrogen-bond acceptors (Lipinski definition) is 2. The van der Waals surface area contributed by atoms with E-state index in [0.717, 1.165) is 5.56 Å². The molecule has 3 nitrogen and oxygen atoms in total. The van der Waals surface area contributed by atoms with Crippen molar-refractivity contribution in [2.24, 2.45) is 0 Å². The molecule has 0 saturated heterocycles. The minimum atomic E-state index is -0.269. The maximum absolute atomic E-state index is 13.1. The first-order chi connectivity index (χ1) is 15.3. The fourth-order valence-electron chi connectivity index (χ4n) is 3.69. The summed E-state index contributed by atoms with van der Waals surface area (Å²) in [5.74, 6) is -0.0828. The molecule has 0 aliphatic rings. The Morgan fingerprint density at radius 2 is 1.03 bits per heavy atom. The van der Waals surface area contributed by atoms with E-state index in [1.54, 1.807) is 0 Å². The van der Waals surface area contributed by atoms with Crippen LogP contribution in [0, 0.1) is 0 Å². The lowest BCUT2D eigenvalue weighted by Crippen LogP contribution is -2.40. The Kier molecular flexibility index (Phi) is 6.89. The standard InChI is InChI=1S/C28H26N2O/c31-28(26-19-11-4-12-20-26)29-27(25-17-9-3-10-18-25)30(21-23-13-5-1-6-14-23)22-24-15-7-2-8-16-24/h1-20,27H,21-22H2,(H,29,31). The molecular weight excluding hydrogens is 380 g/mol. The molecule has 4 rings (SSSR count). The highest BCUT2D eigenvalue weighted by molar-refractivity contribution is 5.94. The summed E-state index contributed by atoms with van der Waals surface area (Å²) in [6.45, 7) is 1.43. The Morgan fingerprint density at radius 3 is 1.52 bits per heavy atom. The SMILES string of the molecule is O=C(NC(c1ccccc1)N(Cc1ccccc1)Cc1ccccc1)c1ccccc1. The van der Waals surface area contributed by atoms with E-state index < -0.39 is 0 Å². The van der Waals surface area contributed by atoms with Crippen LogP contribution in [-0.4, -0.2) is 10.8 Å². The quantitative estimate of drug-likeness (QED) is 0.374. The maximum atomic E-state index is 13.1. The Bertz CT molecular complexity index is 1030. The van der Waals surface area contributed by atoms with E-state index in [0.29, 0.717) is 18.7 Å². The first-order valence-electron chi connectivity index (χ1n) is 10.5. The number of nitrogens with one attached hydrogen (secondary N) is 1. The molecular formula is C28H26N2O. The van der Waals surface area contributed by atoms with Crippen molar-refractivity contribution < 1.29 is 4.79 Å². The molecule has 0 aliphatic carbocycles. The van der Waals surface area contributed by atoms with Crippen molar-refractivity contribution in [3.63, 3.8) is 0 Å². The number of nitrogens with zero attached hydrogens (tertiary/aromatic N) is 1. The van der Waals surface area contributed by atoms with E-state index in [4.69, 9.17) is 0 Å². The van der Waals surface area contributed by atoms with Gasteiger partial charge in [0, 0.05) is 18.7 Å². The van der Waals surface area contributed by atoms with Crippen LogP contribution < -0.4 is 5.32 Å². The van der Waals surface area contributed by atoms with Gasteiger partial charge in [-0.2, -0.15) is 0 Å². The third-order valence-corrected chi connectivity index (χ3v) is 5.24. The van der Waals surface area contributed by atoms with Gasteiger partial charge in [-0.3, -0.25) is 9.69 Å². The second kappa shape index (κ2) is 10.4.